The summed E-state index contributed by atoms with van der Waals surface area (Å²) >= 11 is 0. The quantitative estimate of drug-likeness (QED) is 0.789. The molecule has 0 aliphatic carbocycles. The van der Waals surface area contributed by atoms with Crippen molar-refractivity contribution in [2.45, 2.75) is 19.3 Å². The number of ether oxygens (including phenoxy) is 1. The zero-order valence-electron chi connectivity index (χ0n) is 15.8. The zero-order valence-corrected chi connectivity index (χ0v) is 15.8. The Bertz CT molecular complexity index is 768. The van der Waals surface area contributed by atoms with Gasteiger partial charge in [0.25, 0.3) is 0 Å². The largest absolute Gasteiger partial charge is 0.497 e. The molecule has 1 aliphatic heterocycles. The fourth-order valence-corrected chi connectivity index (χ4v) is 3.33. The van der Waals surface area contributed by atoms with Crippen LogP contribution in [0.5, 0.6) is 5.75 Å². The monoisotopic (exact) mass is 366 g/mol. The number of hydrogen-bond acceptors (Lipinski definition) is 3. The van der Waals surface area contributed by atoms with Crippen LogP contribution in [0.2, 0.25) is 0 Å². The van der Waals surface area contributed by atoms with Gasteiger partial charge in [-0.3, -0.25) is 9.59 Å². The van der Waals surface area contributed by atoms with Gasteiger partial charge >= 0.3 is 0 Å². The Morgan fingerprint density at radius 3 is 2.15 bits per heavy atom. The number of nitrogens with zero attached hydrogens (tertiary/aromatic N) is 2. The molecule has 2 amide bonds. The van der Waals surface area contributed by atoms with E-state index in [1.807, 2.05) is 64.4 Å². The average Bonchev–Trinajstić information content (AvgIpc) is 2.73. The number of methoxy groups -OCH3 is 1. The SMILES string of the molecule is COc1cccc(CC(=O)N2CCN(C(=O)CCc3ccccc3)CC2)c1. The van der Waals surface area contributed by atoms with Gasteiger partial charge in [-0.15, -0.1) is 0 Å². The van der Waals surface area contributed by atoms with E-state index in [0.29, 0.717) is 39.0 Å². The zero-order chi connectivity index (χ0) is 19.1. The van der Waals surface area contributed by atoms with Crippen LogP contribution >= 0.6 is 0 Å². The van der Waals surface area contributed by atoms with E-state index in [9.17, 15) is 9.59 Å². The summed E-state index contributed by atoms with van der Waals surface area (Å²) in [6.45, 7) is 2.41. The van der Waals surface area contributed by atoms with Crippen LogP contribution in [0.3, 0.4) is 0 Å². The van der Waals surface area contributed by atoms with Crippen molar-refractivity contribution in [2.75, 3.05) is 33.3 Å². The average molecular weight is 366 g/mol. The summed E-state index contributed by atoms with van der Waals surface area (Å²) in [6.07, 6.45) is 1.63. The van der Waals surface area contributed by atoms with Crippen LogP contribution in [0.25, 0.3) is 0 Å². The van der Waals surface area contributed by atoms with Gasteiger partial charge in [-0.05, 0) is 29.7 Å². The molecule has 0 spiro atoms. The van der Waals surface area contributed by atoms with Gasteiger partial charge in [0.15, 0.2) is 0 Å². The number of amides is 2. The molecule has 27 heavy (non-hydrogen) atoms. The molecule has 0 N–H and O–H groups in total. The van der Waals surface area contributed by atoms with Gasteiger partial charge in [-0.25, -0.2) is 0 Å². The second-order valence-corrected chi connectivity index (χ2v) is 6.78. The number of carbonyl (C=O) groups is 2. The highest BCUT2D eigenvalue weighted by molar-refractivity contribution is 5.80. The summed E-state index contributed by atoms with van der Waals surface area (Å²) < 4.78 is 5.21. The highest BCUT2D eigenvalue weighted by Crippen LogP contribution is 2.15. The van der Waals surface area contributed by atoms with Crippen molar-refractivity contribution in [3.63, 3.8) is 0 Å². The van der Waals surface area contributed by atoms with Crippen LogP contribution in [-0.4, -0.2) is 54.9 Å². The number of aryl methyl sites for hydroxylation is 1. The second kappa shape index (κ2) is 9.21. The van der Waals surface area contributed by atoms with E-state index < -0.39 is 0 Å². The number of benzene rings is 2. The molecule has 0 unspecified atom stereocenters. The summed E-state index contributed by atoms with van der Waals surface area (Å²) in [5.74, 6) is 1.02. The lowest BCUT2D eigenvalue weighted by atomic mass is 10.1. The predicted molar refractivity (Wildman–Crippen MR) is 105 cm³/mol. The molecular weight excluding hydrogens is 340 g/mol. The van der Waals surface area contributed by atoms with Gasteiger partial charge in [0.1, 0.15) is 5.75 Å². The van der Waals surface area contributed by atoms with E-state index in [1.165, 1.54) is 5.56 Å². The Kier molecular flexibility index (Phi) is 6.47. The second-order valence-electron chi connectivity index (χ2n) is 6.78. The molecule has 142 valence electrons. The van der Waals surface area contributed by atoms with Gasteiger partial charge in [0, 0.05) is 32.6 Å². The first-order valence-corrected chi connectivity index (χ1v) is 9.38. The lowest BCUT2D eigenvalue weighted by molar-refractivity contribution is -0.139. The third-order valence-electron chi connectivity index (χ3n) is 4.94. The summed E-state index contributed by atoms with van der Waals surface area (Å²) in [7, 11) is 1.62. The Balaban J connectivity index is 1.45. The van der Waals surface area contributed by atoms with Crippen molar-refractivity contribution in [3.8, 4) is 5.75 Å². The third kappa shape index (κ3) is 5.33. The van der Waals surface area contributed by atoms with Crippen LogP contribution in [-0.2, 0) is 22.4 Å². The molecule has 5 heteroatoms. The highest BCUT2D eigenvalue weighted by atomic mass is 16.5. The molecule has 1 saturated heterocycles. The molecule has 0 bridgehead atoms. The fraction of sp³-hybridized carbons (Fsp3) is 0.364. The molecule has 1 aliphatic rings. The Morgan fingerprint density at radius 2 is 1.48 bits per heavy atom. The van der Waals surface area contributed by atoms with Gasteiger partial charge in [0.05, 0.1) is 13.5 Å². The van der Waals surface area contributed by atoms with Crippen molar-refractivity contribution in [3.05, 3.63) is 65.7 Å². The number of carbonyl (C=O) groups excluding carboxylic acids is 2. The first kappa shape index (κ1) is 19.0. The summed E-state index contributed by atoms with van der Waals surface area (Å²) in [4.78, 5) is 28.7. The molecule has 1 heterocycles. The van der Waals surface area contributed by atoms with Crippen LogP contribution in [0.15, 0.2) is 54.6 Å². The van der Waals surface area contributed by atoms with Gasteiger partial charge in [0.2, 0.25) is 11.8 Å². The van der Waals surface area contributed by atoms with Crippen molar-refractivity contribution in [1.82, 2.24) is 9.80 Å². The van der Waals surface area contributed by atoms with Gasteiger partial charge in [-0.1, -0.05) is 42.5 Å². The highest BCUT2D eigenvalue weighted by Gasteiger charge is 2.23. The smallest absolute Gasteiger partial charge is 0.227 e. The van der Waals surface area contributed by atoms with Gasteiger partial charge in [-0.2, -0.15) is 0 Å². The first-order valence-electron chi connectivity index (χ1n) is 9.38. The minimum absolute atomic E-state index is 0.0969. The van der Waals surface area contributed by atoms with Crippen LogP contribution < -0.4 is 4.74 Å². The van der Waals surface area contributed by atoms with Crippen LogP contribution in [0.4, 0.5) is 0 Å². The van der Waals surface area contributed by atoms with E-state index in [1.54, 1.807) is 7.11 Å². The molecule has 5 nitrogen and oxygen atoms in total. The maximum atomic E-state index is 12.5. The van der Waals surface area contributed by atoms with E-state index >= 15 is 0 Å². The predicted octanol–water partition coefficient (Wildman–Crippen LogP) is 2.54. The minimum Gasteiger partial charge on any atom is -0.497 e. The van der Waals surface area contributed by atoms with Crippen molar-refractivity contribution in [2.24, 2.45) is 0 Å². The molecule has 2 aromatic carbocycles. The molecule has 2 aromatic rings. The summed E-state index contributed by atoms with van der Waals surface area (Å²) in [5.41, 5.74) is 2.12. The van der Waals surface area contributed by atoms with E-state index in [-0.39, 0.29) is 11.8 Å². The van der Waals surface area contributed by atoms with E-state index in [4.69, 9.17) is 4.74 Å². The Morgan fingerprint density at radius 1 is 0.852 bits per heavy atom. The lowest BCUT2D eigenvalue weighted by Crippen LogP contribution is -2.51. The molecular formula is C22H26N2O3. The van der Waals surface area contributed by atoms with Crippen LogP contribution in [0.1, 0.15) is 17.5 Å². The fourth-order valence-electron chi connectivity index (χ4n) is 3.33. The van der Waals surface area contributed by atoms with Crippen LogP contribution in [0, 0.1) is 0 Å². The summed E-state index contributed by atoms with van der Waals surface area (Å²) in [5, 5.41) is 0. The molecule has 0 aromatic heterocycles. The molecule has 1 fully saturated rings. The number of rotatable bonds is 6. The summed E-state index contributed by atoms with van der Waals surface area (Å²) in [6, 6.07) is 17.6. The molecule has 0 saturated carbocycles. The Labute approximate surface area is 160 Å². The van der Waals surface area contributed by atoms with Crippen molar-refractivity contribution in [1.29, 1.82) is 0 Å². The minimum atomic E-state index is 0.0969. The maximum Gasteiger partial charge on any atom is 0.227 e. The van der Waals surface area contributed by atoms with Gasteiger partial charge < -0.3 is 14.5 Å². The van der Waals surface area contributed by atoms with E-state index in [0.717, 1.165) is 17.7 Å². The molecule has 0 atom stereocenters. The topological polar surface area (TPSA) is 49.9 Å². The third-order valence-corrected chi connectivity index (χ3v) is 4.94. The first-order chi connectivity index (χ1) is 13.2. The molecule has 3 rings (SSSR count). The van der Waals surface area contributed by atoms with Crippen molar-refractivity contribution >= 4 is 11.8 Å². The normalized spacial score (nSPS) is 14.1. The lowest BCUT2D eigenvalue weighted by Gasteiger charge is -2.35. The maximum absolute atomic E-state index is 12.5. The Hall–Kier alpha value is -2.82. The van der Waals surface area contributed by atoms with E-state index in [2.05, 4.69) is 0 Å². The van der Waals surface area contributed by atoms with Crippen molar-refractivity contribution < 1.29 is 14.3 Å². The number of piperazine rings is 1. The number of hydrogen-bond donors (Lipinski definition) is 0. The standard InChI is InChI=1S/C22H26N2O3/c1-27-20-9-5-8-19(16-20)17-22(26)24-14-12-23(13-15-24)21(25)11-10-18-6-3-2-4-7-18/h2-9,16H,10-15,17H2,1H3. The molecule has 0 radical (unpaired) electrons.